The predicted molar refractivity (Wildman–Crippen MR) is 166 cm³/mol. The van der Waals surface area contributed by atoms with Gasteiger partial charge in [-0.2, -0.15) is 0 Å². The summed E-state index contributed by atoms with van der Waals surface area (Å²) in [4.78, 5) is 9.59. The quantitative estimate of drug-likeness (QED) is 0.231. The van der Waals surface area contributed by atoms with Crippen LogP contribution in [0.2, 0.25) is 0 Å². The highest BCUT2D eigenvalue weighted by Crippen LogP contribution is 2.38. The third-order valence-corrected chi connectivity index (χ3v) is 7.84. The summed E-state index contributed by atoms with van der Waals surface area (Å²) in [7, 11) is 0. The van der Waals surface area contributed by atoms with E-state index in [0.717, 1.165) is 51.6 Å². The van der Waals surface area contributed by atoms with E-state index in [1.807, 2.05) is 48.7 Å². The van der Waals surface area contributed by atoms with Gasteiger partial charge in [-0.3, -0.25) is 4.57 Å². The van der Waals surface area contributed by atoms with Crippen molar-refractivity contribution >= 4 is 32.7 Å². The van der Waals surface area contributed by atoms with Crippen LogP contribution in [0, 0.1) is 0 Å². The van der Waals surface area contributed by atoms with Crippen molar-refractivity contribution in [2.24, 2.45) is 0 Å². The Morgan fingerprint density at radius 1 is 0.732 bits per heavy atom. The molecule has 0 aliphatic carbocycles. The van der Waals surface area contributed by atoms with Crippen LogP contribution < -0.4 is 4.74 Å². The van der Waals surface area contributed by atoms with Crippen molar-refractivity contribution in [1.82, 2.24) is 14.5 Å². The summed E-state index contributed by atoms with van der Waals surface area (Å²) in [5.41, 5.74) is 7.28. The lowest BCUT2D eigenvalue weighted by Gasteiger charge is -2.15. The van der Waals surface area contributed by atoms with Crippen LogP contribution in [-0.4, -0.2) is 19.6 Å². The summed E-state index contributed by atoms with van der Waals surface area (Å²) in [6, 6.07) is 34.2. The molecule has 0 spiro atoms. The molecule has 200 valence electrons. The molecule has 0 radical (unpaired) electrons. The molecule has 7 rings (SSSR count). The maximum atomic E-state index is 10.7. The molecule has 0 bridgehead atoms. The highest BCUT2D eigenvalue weighted by atomic mass is 16.5. The zero-order chi connectivity index (χ0) is 27.9. The van der Waals surface area contributed by atoms with Gasteiger partial charge in [0.1, 0.15) is 22.8 Å². The molecule has 5 nitrogen and oxygen atoms in total. The molecule has 3 heterocycles. The summed E-state index contributed by atoms with van der Waals surface area (Å²) in [6.45, 7) is 4.37. The van der Waals surface area contributed by atoms with Crippen molar-refractivity contribution in [3.63, 3.8) is 0 Å². The van der Waals surface area contributed by atoms with E-state index in [9.17, 15) is 5.11 Å². The van der Waals surface area contributed by atoms with Crippen LogP contribution in [-0.2, 0) is 12.8 Å². The number of rotatable bonds is 6. The van der Waals surface area contributed by atoms with E-state index in [4.69, 9.17) is 14.7 Å². The lowest BCUT2D eigenvalue weighted by molar-refractivity contribution is 0.460. The minimum Gasteiger partial charge on any atom is -0.506 e. The number of phenolic OH excluding ortho intramolecular Hbond substituents is 1. The second kappa shape index (κ2) is 10.1. The first kappa shape index (κ1) is 24.9. The van der Waals surface area contributed by atoms with E-state index >= 15 is 0 Å². The Balaban J connectivity index is 1.36. The summed E-state index contributed by atoms with van der Waals surface area (Å²) in [5, 5.41) is 13.9. The summed E-state index contributed by atoms with van der Waals surface area (Å²) in [5.74, 6) is 2.16. The third-order valence-electron chi connectivity index (χ3n) is 7.84. The zero-order valence-corrected chi connectivity index (χ0v) is 23.0. The smallest absolute Gasteiger partial charge is 0.219 e. The van der Waals surface area contributed by atoms with Crippen molar-refractivity contribution in [1.29, 1.82) is 0 Å². The van der Waals surface area contributed by atoms with Crippen molar-refractivity contribution in [3.8, 4) is 34.3 Å². The number of hydrogen-bond acceptors (Lipinski definition) is 4. The number of nitrogens with zero attached hydrogens (tertiary/aromatic N) is 3. The standard InChI is InChI=1S/C36H29N3O2/c1-3-23-20-21-37-36(26(23)4-2)39-31-13-9-8-12-28(31)29-15-14-25(22-32(29)39)41-34-19-17-30-27(24-10-6-5-7-11-24)16-18-33(40)35(30)38-34/h5-22,40H,3-4H2,1-2H3. The number of aromatic hydroxyl groups is 1. The first-order chi connectivity index (χ1) is 20.2. The van der Waals surface area contributed by atoms with Gasteiger partial charge < -0.3 is 9.84 Å². The van der Waals surface area contributed by atoms with Gasteiger partial charge in [-0.1, -0.05) is 62.4 Å². The molecule has 1 N–H and O–H groups in total. The fourth-order valence-electron chi connectivity index (χ4n) is 5.90. The lowest BCUT2D eigenvalue weighted by Crippen LogP contribution is -2.05. The summed E-state index contributed by atoms with van der Waals surface area (Å²) < 4.78 is 8.58. The van der Waals surface area contributed by atoms with Gasteiger partial charge in [0.05, 0.1) is 11.0 Å². The van der Waals surface area contributed by atoms with Gasteiger partial charge in [-0.15, -0.1) is 0 Å². The maximum Gasteiger partial charge on any atom is 0.219 e. The zero-order valence-electron chi connectivity index (χ0n) is 23.0. The van der Waals surface area contributed by atoms with Gasteiger partial charge >= 0.3 is 0 Å². The van der Waals surface area contributed by atoms with E-state index in [0.29, 0.717) is 17.1 Å². The van der Waals surface area contributed by atoms with Crippen LogP contribution in [0.4, 0.5) is 0 Å². The molecular weight excluding hydrogens is 506 g/mol. The molecule has 4 aromatic carbocycles. The topological polar surface area (TPSA) is 60.2 Å². The lowest BCUT2D eigenvalue weighted by atomic mass is 10.0. The van der Waals surface area contributed by atoms with E-state index in [1.165, 1.54) is 16.5 Å². The number of aromatic nitrogens is 3. The van der Waals surface area contributed by atoms with Crippen molar-refractivity contribution in [3.05, 3.63) is 120 Å². The van der Waals surface area contributed by atoms with Gasteiger partial charge in [0, 0.05) is 34.5 Å². The Kier molecular flexibility index (Phi) is 6.12. The van der Waals surface area contributed by atoms with E-state index in [1.54, 1.807) is 6.07 Å². The highest BCUT2D eigenvalue weighted by molar-refractivity contribution is 6.09. The van der Waals surface area contributed by atoms with Crippen LogP contribution in [0.3, 0.4) is 0 Å². The average molecular weight is 536 g/mol. The average Bonchev–Trinajstić information content (AvgIpc) is 3.35. The molecule has 7 aromatic rings. The minimum atomic E-state index is 0.120. The first-order valence-corrected chi connectivity index (χ1v) is 14.0. The number of phenols is 1. The van der Waals surface area contributed by atoms with Crippen LogP contribution in [0.1, 0.15) is 25.0 Å². The van der Waals surface area contributed by atoms with Crippen LogP contribution in [0.5, 0.6) is 17.4 Å². The van der Waals surface area contributed by atoms with E-state index in [2.05, 4.69) is 73.0 Å². The molecule has 0 atom stereocenters. The second-order valence-corrected chi connectivity index (χ2v) is 10.2. The molecule has 41 heavy (non-hydrogen) atoms. The minimum absolute atomic E-state index is 0.120. The Morgan fingerprint density at radius 3 is 2.34 bits per heavy atom. The van der Waals surface area contributed by atoms with Crippen molar-refractivity contribution in [2.45, 2.75) is 26.7 Å². The van der Waals surface area contributed by atoms with Gasteiger partial charge in [-0.25, -0.2) is 9.97 Å². The molecule has 3 aromatic heterocycles. The molecule has 0 aliphatic heterocycles. The summed E-state index contributed by atoms with van der Waals surface area (Å²) >= 11 is 0. The Labute approximate surface area is 238 Å². The summed E-state index contributed by atoms with van der Waals surface area (Å²) in [6.07, 6.45) is 3.76. The fourth-order valence-corrected chi connectivity index (χ4v) is 5.90. The van der Waals surface area contributed by atoms with Gasteiger partial charge in [0.2, 0.25) is 5.88 Å². The number of hydrogen-bond donors (Lipinski definition) is 1. The largest absolute Gasteiger partial charge is 0.506 e. The normalized spacial score (nSPS) is 11.5. The molecule has 0 amide bonds. The molecular formula is C36H29N3O2. The number of pyridine rings is 2. The number of ether oxygens (including phenoxy) is 1. The Hall–Kier alpha value is -5.16. The van der Waals surface area contributed by atoms with Crippen molar-refractivity contribution in [2.75, 3.05) is 0 Å². The SMILES string of the molecule is CCc1ccnc(-n2c3ccccc3c3ccc(Oc4ccc5c(-c6ccccc6)ccc(O)c5n4)cc32)c1CC. The Morgan fingerprint density at radius 2 is 1.51 bits per heavy atom. The molecule has 0 saturated heterocycles. The Bertz CT molecular complexity index is 2060. The fraction of sp³-hybridized carbons (Fsp3) is 0.111. The van der Waals surface area contributed by atoms with Crippen LogP contribution in [0.15, 0.2) is 109 Å². The maximum absolute atomic E-state index is 10.7. The molecule has 0 saturated carbocycles. The second-order valence-electron chi connectivity index (χ2n) is 10.2. The number of fused-ring (bicyclic) bond motifs is 4. The van der Waals surface area contributed by atoms with E-state index < -0.39 is 0 Å². The number of aryl methyl sites for hydroxylation is 1. The molecule has 0 fully saturated rings. The van der Waals surface area contributed by atoms with Crippen LogP contribution >= 0.6 is 0 Å². The van der Waals surface area contributed by atoms with Gasteiger partial charge in [0.15, 0.2) is 0 Å². The predicted octanol–water partition coefficient (Wildman–Crippen LogP) is 9.02. The monoisotopic (exact) mass is 535 g/mol. The van der Waals surface area contributed by atoms with Gasteiger partial charge in [0.25, 0.3) is 0 Å². The third kappa shape index (κ3) is 4.18. The van der Waals surface area contributed by atoms with Crippen LogP contribution in [0.25, 0.3) is 49.7 Å². The molecule has 0 unspecified atom stereocenters. The highest BCUT2D eigenvalue weighted by Gasteiger charge is 2.18. The van der Waals surface area contributed by atoms with E-state index in [-0.39, 0.29) is 5.75 Å². The number of benzene rings is 4. The van der Waals surface area contributed by atoms with Crippen molar-refractivity contribution < 1.29 is 9.84 Å². The first-order valence-electron chi connectivity index (χ1n) is 14.0. The number of para-hydroxylation sites is 1. The van der Waals surface area contributed by atoms with Gasteiger partial charge in [-0.05, 0) is 77.6 Å². The molecule has 5 heteroatoms. The molecule has 0 aliphatic rings.